The van der Waals surface area contributed by atoms with Gasteiger partial charge >= 0.3 is 0 Å². The zero-order valence-corrected chi connectivity index (χ0v) is 12.9. The van der Waals surface area contributed by atoms with E-state index in [1.165, 1.54) is 0 Å². The van der Waals surface area contributed by atoms with Gasteiger partial charge < -0.3 is 5.32 Å². The van der Waals surface area contributed by atoms with Gasteiger partial charge in [-0.3, -0.25) is 9.89 Å². The van der Waals surface area contributed by atoms with Crippen molar-refractivity contribution in [3.05, 3.63) is 84.6 Å². The number of amides is 1. The van der Waals surface area contributed by atoms with Crippen LogP contribution in [-0.4, -0.2) is 16.1 Å². The summed E-state index contributed by atoms with van der Waals surface area (Å²) in [6.07, 6.45) is 0. The Morgan fingerprint density at radius 2 is 1.54 bits per heavy atom. The predicted octanol–water partition coefficient (Wildman–Crippen LogP) is 4.48. The zero-order chi connectivity index (χ0) is 16.4. The van der Waals surface area contributed by atoms with Gasteiger partial charge in [0.2, 0.25) is 0 Å². The molecule has 0 unspecified atom stereocenters. The molecule has 4 rings (SSSR count). The van der Waals surface area contributed by atoms with Gasteiger partial charge in [0.25, 0.3) is 5.91 Å². The number of para-hydroxylation sites is 2. The lowest BCUT2D eigenvalue weighted by Crippen LogP contribution is -2.13. The molecule has 0 saturated carbocycles. The second kappa shape index (κ2) is 6.01. The number of aromatic nitrogens is 2. The monoisotopic (exact) mass is 313 g/mol. The van der Waals surface area contributed by atoms with Crippen LogP contribution < -0.4 is 5.32 Å². The summed E-state index contributed by atoms with van der Waals surface area (Å²) in [6.45, 7) is 0. The molecule has 4 nitrogen and oxygen atoms in total. The molecule has 2 N–H and O–H groups in total. The molecule has 0 bridgehead atoms. The van der Waals surface area contributed by atoms with Crippen molar-refractivity contribution in [1.82, 2.24) is 10.2 Å². The van der Waals surface area contributed by atoms with Crippen molar-refractivity contribution in [3.8, 4) is 11.1 Å². The molecular formula is C20H15N3O. The van der Waals surface area contributed by atoms with Crippen LogP contribution in [0.4, 0.5) is 5.69 Å². The van der Waals surface area contributed by atoms with E-state index in [0.717, 1.165) is 27.7 Å². The highest BCUT2D eigenvalue weighted by Gasteiger charge is 2.15. The Hall–Kier alpha value is -3.40. The number of carbonyl (C=O) groups excluding carboxylic acids is 1. The molecule has 0 saturated heterocycles. The maximum Gasteiger partial charge on any atom is 0.276 e. The van der Waals surface area contributed by atoms with Crippen molar-refractivity contribution in [2.75, 3.05) is 5.32 Å². The fourth-order valence-corrected chi connectivity index (χ4v) is 2.78. The minimum atomic E-state index is -0.226. The van der Waals surface area contributed by atoms with E-state index in [-0.39, 0.29) is 5.91 Å². The highest BCUT2D eigenvalue weighted by Crippen LogP contribution is 2.28. The number of nitrogens with one attached hydrogen (secondary N) is 2. The number of anilines is 1. The van der Waals surface area contributed by atoms with Crippen LogP contribution >= 0.6 is 0 Å². The molecule has 1 amide bonds. The van der Waals surface area contributed by atoms with E-state index >= 15 is 0 Å². The van der Waals surface area contributed by atoms with E-state index in [1.54, 1.807) is 0 Å². The van der Waals surface area contributed by atoms with Gasteiger partial charge in [-0.05, 0) is 17.7 Å². The standard InChI is InChI=1S/C20H15N3O/c24-20(19-16-11-5-7-13-18(16)22-23-19)21-17-12-6-4-10-15(17)14-8-2-1-3-9-14/h1-13H,(H,21,24)(H,22,23). The van der Waals surface area contributed by atoms with E-state index < -0.39 is 0 Å². The lowest BCUT2D eigenvalue weighted by atomic mass is 10.0. The summed E-state index contributed by atoms with van der Waals surface area (Å²) in [5, 5.41) is 10.8. The van der Waals surface area contributed by atoms with Crippen LogP contribution in [0.25, 0.3) is 22.0 Å². The number of hydrogen-bond donors (Lipinski definition) is 2. The second-order valence-corrected chi connectivity index (χ2v) is 5.48. The number of H-pyrrole nitrogens is 1. The Labute approximate surface area is 139 Å². The quantitative estimate of drug-likeness (QED) is 0.586. The van der Waals surface area contributed by atoms with Gasteiger partial charge in [-0.1, -0.05) is 66.7 Å². The van der Waals surface area contributed by atoms with E-state index in [0.29, 0.717) is 5.69 Å². The molecule has 1 aromatic heterocycles. The number of hydrogen-bond acceptors (Lipinski definition) is 2. The number of rotatable bonds is 3. The van der Waals surface area contributed by atoms with Crippen LogP contribution in [0.2, 0.25) is 0 Å². The molecule has 0 aliphatic rings. The van der Waals surface area contributed by atoms with Gasteiger partial charge in [-0.2, -0.15) is 5.10 Å². The van der Waals surface area contributed by atoms with Crippen molar-refractivity contribution in [2.24, 2.45) is 0 Å². The highest BCUT2D eigenvalue weighted by atomic mass is 16.1. The number of benzene rings is 3. The Morgan fingerprint density at radius 1 is 0.833 bits per heavy atom. The zero-order valence-electron chi connectivity index (χ0n) is 12.9. The summed E-state index contributed by atoms with van der Waals surface area (Å²) in [5.74, 6) is -0.226. The first-order chi connectivity index (χ1) is 11.8. The molecule has 3 aromatic carbocycles. The number of carbonyl (C=O) groups is 1. The fraction of sp³-hybridized carbons (Fsp3) is 0. The normalized spacial score (nSPS) is 10.7. The summed E-state index contributed by atoms with van der Waals surface area (Å²) < 4.78 is 0. The molecule has 1 heterocycles. The smallest absolute Gasteiger partial charge is 0.276 e. The number of fused-ring (bicyclic) bond motifs is 1. The summed E-state index contributed by atoms with van der Waals surface area (Å²) in [4.78, 5) is 12.7. The van der Waals surface area contributed by atoms with Crippen molar-refractivity contribution in [3.63, 3.8) is 0 Å². The van der Waals surface area contributed by atoms with Gasteiger partial charge in [-0.15, -0.1) is 0 Å². The van der Waals surface area contributed by atoms with E-state index in [1.807, 2.05) is 78.9 Å². The Kier molecular flexibility index (Phi) is 3.56. The maximum absolute atomic E-state index is 12.7. The topological polar surface area (TPSA) is 57.8 Å². The average molecular weight is 313 g/mol. The molecule has 0 radical (unpaired) electrons. The van der Waals surface area contributed by atoms with Crippen molar-refractivity contribution >= 4 is 22.5 Å². The largest absolute Gasteiger partial charge is 0.320 e. The Bertz CT molecular complexity index is 1010. The molecule has 0 atom stereocenters. The minimum Gasteiger partial charge on any atom is -0.320 e. The summed E-state index contributed by atoms with van der Waals surface area (Å²) in [6, 6.07) is 25.3. The molecule has 0 fully saturated rings. The Morgan fingerprint density at radius 3 is 2.42 bits per heavy atom. The third-order valence-corrected chi connectivity index (χ3v) is 3.95. The summed E-state index contributed by atoms with van der Waals surface area (Å²) in [5.41, 5.74) is 4.04. The van der Waals surface area contributed by atoms with Gasteiger partial charge in [0, 0.05) is 16.6 Å². The molecule has 116 valence electrons. The molecule has 0 spiro atoms. The molecule has 0 aliphatic carbocycles. The first-order valence-electron chi connectivity index (χ1n) is 7.72. The number of aromatic amines is 1. The van der Waals surface area contributed by atoms with Crippen LogP contribution in [0.3, 0.4) is 0 Å². The summed E-state index contributed by atoms with van der Waals surface area (Å²) in [7, 11) is 0. The lowest BCUT2D eigenvalue weighted by Gasteiger charge is -2.10. The maximum atomic E-state index is 12.7. The fourth-order valence-electron chi connectivity index (χ4n) is 2.78. The Balaban J connectivity index is 1.70. The van der Waals surface area contributed by atoms with Crippen LogP contribution in [0.1, 0.15) is 10.5 Å². The van der Waals surface area contributed by atoms with E-state index in [2.05, 4.69) is 15.5 Å². The minimum absolute atomic E-state index is 0.226. The molecule has 24 heavy (non-hydrogen) atoms. The highest BCUT2D eigenvalue weighted by molar-refractivity contribution is 6.12. The van der Waals surface area contributed by atoms with E-state index in [9.17, 15) is 4.79 Å². The second-order valence-electron chi connectivity index (χ2n) is 5.48. The molecular weight excluding hydrogens is 298 g/mol. The first-order valence-corrected chi connectivity index (χ1v) is 7.72. The van der Waals surface area contributed by atoms with E-state index in [4.69, 9.17) is 0 Å². The van der Waals surface area contributed by atoms with Crippen LogP contribution in [0, 0.1) is 0 Å². The van der Waals surface area contributed by atoms with Crippen LogP contribution in [0.5, 0.6) is 0 Å². The lowest BCUT2D eigenvalue weighted by molar-refractivity contribution is 0.102. The number of nitrogens with zero attached hydrogens (tertiary/aromatic N) is 1. The SMILES string of the molecule is O=C(Nc1ccccc1-c1ccccc1)c1n[nH]c2ccccc12. The van der Waals surface area contributed by atoms with Crippen molar-refractivity contribution < 1.29 is 4.79 Å². The van der Waals surface area contributed by atoms with Gasteiger partial charge in [0.05, 0.1) is 5.52 Å². The average Bonchev–Trinajstić information content (AvgIpc) is 3.07. The van der Waals surface area contributed by atoms with Gasteiger partial charge in [0.15, 0.2) is 5.69 Å². The molecule has 0 aliphatic heterocycles. The third-order valence-electron chi connectivity index (χ3n) is 3.95. The third kappa shape index (κ3) is 2.54. The van der Waals surface area contributed by atoms with Crippen molar-refractivity contribution in [1.29, 1.82) is 0 Å². The van der Waals surface area contributed by atoms with Crippen molar-refractivity contribution in [2.45, 2.75) is 0 Å². The predicted molar refractivity (Wildman–Crippen MR) is 95.9 cm³/mol. The molecule has 4 heteroatoms. The first kappa shape index (κ1) is 14.2. The van der Waals surface area contributed by atoms with Gasteiger partial charge in [-0.25, -0.2) is 0 Å². The van der Waals surface area contributed by atoms with Crippen LogP contribution in [-0.2, 0) is 0 Å². The molecule has 4 aromatic rings. The van der Waals surface area contributed by atoms with Crippen LogP contribution in [0.15, 0.2) is 78.9 Å². The van der Waals surface area contributed by atoms with Gasteiger partial charge in [0.1, 0.15) is 0 Å². The summed E-state index contributed by atoms with van der Waals surface area (Å²) >= 11 is 0.